The summed E-state index contributed by atoms with van der Waals surface area (Å²) in [5.41, 5.74) is 1.35. The first kappa shape index (κ1) is 28.1. The number of nitrogens with one attached hydrogen (secondary N) is 2. The summed E-state index contributed by atoms with van der Waals surface area (Å²) in [5.74, 6) is -1.82. The summed E-state index contributed by atoms with van der Waals surface area (Å²) < 4.78 is 23.2. The number of carboxylic acids is 1. The number of aromatic carboxylic acids is 1. The third-order valence-electron chi connectivity index (χ3n) is 6.85. The monoisotopic (exact) mass is 539 g/mol. The van der Waals surface area contributed by atoms with E-state index < -0.39 is 22.8 Å². The summed E-state index contributed by atoms with van der Waals surface area (Å²) in [5, 5.41) is 15.1. The van der Waals surface area contributed by atoms with Gasteiger partial charge in [-0.25, -0.2) is 9.18 Å². The quantitative estimate of drug-likeness (QED) is 0.341. The molecule has 0 saturated heterocycles. The second-order valence-electron chi connectivity index (χ2n) is 9.77. The largest absolute Gasteiger partial charge is 0.487 e. The number of pyridine rings is 1. The zero-order chi connectivity index (χ0) is 28.3. The molecule has 1 aliphatic rings. The summed E-state index contributed by atoms with van der Waals surface area (Å²) in [6.45, 7) is 6.51. The smallest absolute Gasteiger partial charge is 0.341 e. The van der Waals surface area contributed by atoms with Crippen LogP contribution >= 0.6 is 0 Å². The van der Waals surface area contributed by atoms with Crippen LogP contribution in [0.2, 0.25) is 0 Å². The Morgan fingerprint density at radius 2 is 1.95 bits per heavy atom. The fourth-order valence-corrected chi connectivity index (χ4v) is 4.83. The Morgan fingerprint density at radius 3 is 2.59 bits per heavy atom. The first-order chi connectivity index (χ1) is 18.6. The summed E-state index contributed by atoms with van der Waals surface area (Å²) in [7, 11) is 3.69. The zero-order valence-electron chi connectivity index (χ0n) is 22.6. The average Bonchev–Trinajstić information content (AvgIpc) is 2.89. The van der Waals surface area contributed by atoms with Crippen LogP contribution in [0.25, 0.3) is 10.9 Å². The van der Waals surface area contributed by atoms with Crippen molar-refractivity contribution in [2.75, 3.05) is 57.1 Å². The van der Waals surface area contributed by atoms with E-state index in [0.717, 1.165) is 17.3 Å². The van der Waals surface area contributed by atoms with E-state index in [1.807, 2.05) is 50.1 Å². The van der Waals surface area contributed by atoms with E-state index >= 15 is 4.39 Å². The van der Waals surface area contributed by atoms with Crippen molar-refractivity contribution in [3.05, 3.63) is 63.7 Å². The molecule has 0 fully saturated rings. The Kier molecular flexibility index (Phi) is 8.51. The maximum atomic E-state index is 15.6. The first-order valence-corrected chi connectivity index (χ1v) is 12.9. The maximum absolute atomic E-state index is 15.6. The van der Waals surface area contributed by atoms with Gasteiger partial charge in [-0.2, -0.15) is 0 Å². The molecule has 0 radical (unpaired) electrons. The Hall–Kier alpha value is -3.96. The van der Waals surface area contributed by atoms with Crippen LogP contribution in [-0.2, 0) is 11.3 Å². The standard InChI is InChI=1S/C28H34FN5O5/c1-5-33(11-10-32(4)14-18-6-8-19(9-7-18)31-23(35)13-30-3)25-22(29)12-20-24-27(25)39-16-17(2)34(24)15-21(26(20)36)28(37)38/h6-9,12,15,17,30H,5,10-11,13-14,16H2,1-4H3,(H,31,35)(H,37,38)/t17-/m0/s1. The number of hydrogen-bond donors (Lipinski definition) is 3. The van der Waals surface area contributed by atoms with Crippen LogP contribution in [0.15, 0.2) is 41.3 Å². The predicted molar refractivity (Wildman–Crippen MR) is 149 cm³/mol. The van der Waals surface area contributed by atoms with Gasteiger partial charge in [0.05, 0.1) is 23.5 Å². The fourth-order valence-electron chi connectivity index (χ4n) is 4.83. The molecule has 1 aromatic heterocycles. The molecule has 0 spiro atoms. The number of benzene rings is 2. The summed E-state index contributed by atoms with van der Waals surface area (Å²) in [6, 6.07) is 8.53. The van der Waals surface area contributed by atoms with E-state index in [1.165, 1.54) is 6.20 Å². The van der Waals surface area contributed by atoms with Gasteiger partial charge in [-0.05, 0) is 51.7 Å². The Morgan fingerprint density at radius 1 is 1.23 bits per heavy atom. The van der Waals surface area contributed by atoms with Crippen molar-refractivity contribution in [3.8, 4) is 5.75 Å². The van der Waals surface area contributed by atoms with Crippen LogP contribution in [0.3, 0.4) is 0 Å². The molecule has 3 N–H and O–H groups in total. The Balaban J connectivity index is 1.53. The lowest BCUT2D eigenvalue weighted by Crippen LogP contribution is -2.35. The van der Waals surface area contributed by atoms with E-state index in [0.29, 0.717) is 31.7 Å². The van der Waals surface area contributed by atoms with Crippen molar-refractivity contribution in [2.45, 2.75) is 26.4 Å². The Bertz CT molecular complexity index is 1440. The molecular formula is C28H34FN5O5. The average molecular weight is 540 g/mol. The molecule has 1 amide bonds. The number of hydrogen-bond acceptors (Lipinski definition) is 7. The van der Waals surface area contributed by atoms with E-state index in [9.17, 15) is 19.5 Å². The number of nitrogens with zero attached hydrogens (tertiary/aromatic N) is 3. The molecule has 2 aromatic carbocycles. The van der Waals surface area contributed by atoms with Gasteiger partial charge < -0.3 is 34.8 Å². The highest BCUT2D eigenvalue weighted by atomic mass is 19.1. The lowest BCUT2D eigenvalue weighted by Gasteiger charge is -2.33. The molecule has 1 aliphatic heterocycles. The molecule has 0 saturated carbocycles. The molecule has 1 atom stereocenters. The highest BCUT2D eigenvalue weighted by Crippen LogP contribution is 2.41. The van der Waals surface area contributed by atoms with Gasteiger partial charge in [0.25, 0.3) is 0 Å². The number of halogens is 1. The van der Waals surface area contributed by atoms with E-state index in [2.05, 4.69) is 15.5 Å². The maximum Gasteiger partial charge on any atom is 0.341 e. The first-order valence-electron chi connectivity index (χ1n) is 12.9. The number of aromatic nitrogens is 1. The number of anilines is 2. The Labute approximate surface area is 226 Å². The molecule has 0 unspecified atom stereocenters. The lowest BCUT2D eigenvalue weighted by atomic mass is 10.1. The number of amides is 1. The van der Waals surface area contributed by atoms with Gasteiger partial charge >= 0.3 is 5.97 Å². The zero-order valence-corrected chi connectivity index (χ0v) is 22.6. The third-order valence-corrected chi connectivity index (χ3v) is 6.85. The van der Waals surface area contributed by atoms with Gasteiger partial charge in [0.2, 0.25) is 11.3 Å². The van der Waals surface area contributed by atoms with Crippen LogP contribution < -0.4 is 25.7 Å². The topological polar surface area (TPSA) is 116 Å². The number of likely N-dealkylation sites (N-methyl/N-ethyl adjacent to an activating group) is 3. The van der Waals surface area contributed by atoms with Crippen molar-refractivity contribution in [2.24, 2.45) is 0 Å². The van der Waals surface area contributed by atoms with Crippen molar-refractivity contribution in [3.63, 3.8) is 0 Å². The second kappa shape index (κ2) is 11.8. The van der Waals surface area contributed by atoms with Crippen LogP contribution in [0.1, 0.15) is 35.8 Å². The normalized spacial score (nSPS) is 14.4. The van der Waals surface area contributed by atoms with Gasteiger partial charge in [0.1, 0.15) is 17.9 Å². The van der Waals surface area contributed by atoms with Crippen molar-refractivity contribution in [1.82, 2.24) is 14.8 Å². The minimum Gasteiger partial charge on any atom is -0.487 e. The van der Waals surface area contributed by atoms with Gasteiger partial charge in [-0.1, -0.05) is 12.1 Å². The van der Waals surface area contributed by atoms with Crippen LogP contribution in [0.4, 0.5) is 15.8 Å². The number of rotatable bonds is 11. The SMILES string of the molecule is CCN(CCN(C)Cc1ccc(NC(=O)CNC)cc1)c1c(F)cc2c(=O)c(C(=O)O)cn3c2c1OC[C@@H]3C. The second-order valence-corrected chi connectivity index (χ2v) is 9.77. The van der Waals surface area contributed by atoms with E-state index in [-0.39, 0.29) is 41.9 Å². The minimum atomic E-state index is -1.35. The van der Waals surface area contributed by atoms with Gasteiger partial charge in [-0.15, -0.1) is 0 Å². The summed E-state index contributed by atoms with van der Waals surface area (Å²) in [6.07, 6.45) is 1.33. The highest BCUT2D eigenvalue weighted by molar-refractivity contribution is 5.97. The van der Waals surface area contributed by atoms with Crippen molar-refractivity contribution >= 4 is 34.2 Å². The molecule has 0 aliphatic carbocycles. The summed E-state index contributed by atoms with van der Waals surface area (Å²) >= 11 is 0. The van der Waals surface area contributed by atoms with Crippen LogP contribution in [-0.4, -0.2) is 73.3 Å². The minimum absolute atomic E-state index is 0.00327. The molecule has 0 bridgehead atoms. The van der Waals surface area contributed by atoms with E-state index in [4.69, 9.17) is 4.74 Å². The molecule has 10 nitrogen and oxygen atoms in total. The van der Waals surface area contributed by atoms with Crippen molar-refractivity contribution in [1.29, 1.82) is 0 Å². The van der Waals surface area contributed by atoms with Gasteiger partial charge in [0.15, 0.2) is 11.6 Å². The molecule has 2 heterocycles. The van der Waals surface area contributed by atoms with Gasteiger partial charge in [0, 0.05) is 38.1 Å². The predicted octanol–water partition coefficient (Wildman–Crippen LogP) is 2.91. The van der Waals surface area contributed by atoms with Gasteiger partial charge in [-0.3, -0.25) is 9.59 Å². The molecule has 4 rings (SSSR count). The lowest BCUT2D eigenvalue weighted by molar-refractivity contribution is -0.115. The number of carbonyl (C=O) groups is 2. The molecule has 39 heavy (non-hydrogen) atoms. The van der Waals surface area contributed by atoms with E-state index in [1.54, 1.807) is 11.6 Å². The molecule has 3 aromatic rings. The number of ether oxygens (including phenoxy) is 1. The number of carbonyl (C=O) groups excluding carboxylic acids is 1. The molecular weight excluding hydrogens is 505 g/mol. The van der Waals surface area contributed by atoms with Crippen LogP contribution in [0.5, 0.6) is 5.75 Å². The van der Waals surface area contributed by atoms with Crippen LogP contribution in [0, 0.1) is 5.82 Å². The summed E-state index contributed by atoms with van der Waals surface area (Å²) in [4.78, 5) is 40.2. The molecule has 11 heteroatoms. The number of carboxylic acid groups (broad SMARTS) is 1. The fraction of sp³-hybridized carbons (Fsp3) is 0.393. The third kappa shape index (κ3) is 5.89. The van der Waals surface area contributed by atoms with Crippen molar-refractivity contribution < 1.29 is 23.8 Å². The highest BCUT2D eigenvalue weighted by Gasteiger charge is 2.29. The molecule has 208 valence electrons.